The first-order chi connectivity index (χ1) is 27.8. The van der Waals surface area contributed by atoms with E-state index in [1.165, 1.54) is 109 Å². The van der Waals surface area contributed by atoms with E-state index in [9.17, 15) is 0 Å². The first-order valence-electron chi connectivity index (χ1n) is 19.4. The summed E-state index contributed by atoms with van der Waals surface area (Å²) in [6, 6.07) is 80.4. The normalized spacial score (nSPS) is 11.6. The predicted molar refractivity (Wildman–Crippen MR) is 241 cm³/mol. The van der Waals surface area contributed by atoms with Crippen LogP contribution in [0.15, 0.2) is 218 Å². The van der Waals surface area contributed by atoms with Crippen LogP contribution in [0, 0.1) is 0 Å². The summed E-state index contributed by atoms with van der Waals surface area (Å²) in [6.07, 6.45) is 0. The third-order valence-corrected chi connectivity index (χ3v) is 11.6. The molecular formula is C56H36. The van der Waals surface area contributed by atoms with Gasteiger partial charge in [0, 0.05) is 0 Å². The lowest BCUT2D eigenvalue weighted by atomic mass is 9.84. The van der Waals surface area contributed by atoms with Gasteiger partial charge in [-0.15, -0.1) is 0 Å². The van der Waals surface area contributed by atoms with Crippen LogP contribution in [-0.4, -0.2) is 0 Å². The molecule has 0 aliphatic heterocycles. The lowest BCUT2D eigenvalue weighted by Crippen LogP contribution is -1.92. The van der Waals surface area contributed by atoms with Crippen LogP contribution in [0.1, 0.15) is 0 Å². The molecule has 0 nitrogen and oxygen atoms in total. The average Bonchev–Trinajstić information content (AvgIpc) is 3.28. The Balaban J connectivity index is 1.19. The Morgan fingerprint density at radius 3 is 1.34 bits per heavy atom. The highest BCUT2D eigenvalue weighted by Gasteiger charge is 2.19. The highest BCUT2D eigenvalue weighted by Crippen LogP contribution is 2.46. The van der Waals surface area contributed by atoms with E-state index in [2.05, 4.69) is 218 Å². The standard InChI is InChI=1S/C56H36/c1-3-16-37(17-4-1)45-33-32-38-30-31-43(56-50-28-13-11-26-48(50)54(39-18-5-2-6-19-39)49-27-12-14-29-51(49)56)36-53(38)55(45)42-22-15-21-40(34-42)52-35-41-20-7-8-23-44(41)46-24-9-10-25-47(46)52/h1-36H. The van der Waals surface area contributed by atoms with Gasteiger partial charge < -0.3 is 0 Å². The Hall–Kier alpha value is -7.28. The van der Waals surface area contributed by atoms with Crippen LogP contribution in [0.3, 0.4) is 0 Å². The van der Waals surface area contributed by atoms with Crippen molar-refractivity contribution in [3.8, 4) is 55.6 Å². The minimum Gasteiger partial charge on any atom is -0.0622 e. The second-order valence-electron chi connectivity index (χ2n) is 14.8. The molecule has 0 spiro atoms. The molecule has 0 saturated heterocycles. The Kier molecular flexibility index (Phi) is 7.60. The molecule has 0 atom stereocenters. The quantitative estimate of drug-likeness (QED) is 0.123. The molecular weight excluding hydrogens is 673 g/mol. The topological polar surface area (TPSA) is 0 Å². The minimum absolute atomic E-state index is 1.20. The molecule has 0 amide bonds. The number of hydrogen-bond acceptors (Lipinski definition) is 0. The molecule has 260 valence electrons. The van der Waals surface area contributed by atoms with Crippen molar-refractivity contribution < 1.29 is 0 Å². The summed E-state index contributed by atoms with van der Waals surface area (Å²) in [5.74, 6) is 0. The third-order valence-electron chi connectivity index (χ3n) is 11.6. The van der Waals surface area contributed by atoms with E-state index in [0.717, 1.165) is 0 Å². The zero-order valence-electron chi connectivity index (χ0n) is 30.8. The number of fused-ring (bicyclic) bond motifs is 6. The Morgan fingerprint density at radius 2 is 0.661 bits per heavy atom. The van der Waals surface area contributed by atoms with Crippen LogP contribution in [0.2, 0.25) is 0 Å². The minimum atomic E-state index is 1.20. The third kappa shape index (κ3) is 5.22. The summed E-state index contributed by atoms with van der Waals surface area (Å²) in [4.78, 5) is 0. The molecule has 11 rings (SSSR count). The molecule has 0 N–H and O–H groups in total. The van der Waals surface area contributed by atoms with Gasteiger partial charge in [-0.3, -0.25) is 0 Å². The lowest BCUT2D eigenvalue weighted by molar-refractivity contribution is 1.60. The fourth-order valence-corrected chi connectivity index (χ4v) is 9.14. The molecule has 0 aliphatic carbocycles. The highest BCUT2D eigenvalue weighted by atomic mass is 14.2. The zero-order valence-corrected chi connectivity index (χ0v) is 30.8. The molecule has 56 heavy (non-hydrogen) atoms. The second-order valence-corrected chi connectivity index (χ2v) is 14.8. The van der Waals surface area contributed by atoms with Gasteiger partial charge in [0.25, 0.3) is 0 Å². The van der Waals surface area contributed by atoms with E-state index in [-0.39, 0.29) is 0 Å². The van der Waals surface area contributed by atoms with Crippen molar-refractivity contribution in [1.29, 1.82) is 0 Å². The van der Waals surface area contributed by atoms with E-state index in [1.807, 2.05) is 0 Å². The zero-order chi connectivity index (χ0) is 37.0. The summed E-state index contributed by atoms with van der Waals surface area (Å²) in [5, 5.41) is 12.6. The summed E-state index contributed by atoms with van der Waals surface area (Å²) < 4.78 is 0. The van der Waals surface area contributed by atoms with Gasteiger partial charge in [0.15, 0.2) is 0 Å². The highest BCUT2D eigenvalue weighted by molar-refractivity contribution is 6.22. The summed E-state index contributed by atoms with van der Waals surface area (Å²) in [5.41, 5.74) is 12.4. The van der Waals surface area contributed by atoms with Crippen molar-refractivity contribution in [2.24, 2.45) is 0 Å². The van der Waals surface area contributed by atoms with Crippen molar-refractivity contribution in [3.05, 3.63) is 218 Å². The maximum absolute atomic E-state index is 2.45. The second kappa shape index (κ2) is 13.2. The van der Waals surface area contributed by atoms with E-state index in [1.54, 1.807) is 0 Å². The van der Waals surface area contributed by atoms with Crippen LogP contribution in [0.5, 0.6) is 0 Å². The molecule has 0 unspecified atom stereocenters. The van der Waals surface area contributed by atoms with Crippen molar-refractivity contribution in [2.45, 2.75) is 0 Å². The monoisotopic (exact) mass is 708 g/mol. The van der Waals surface area contributed by atoms with Crippen LogP contribution in [-0.2, 0) is 0 Å². The molecule has 0 aromatic heterocycles. The van der Waals surface area contributed by atoms with Crippen molar-refractivity contribution in [3.63, 3.8) is 0 Å². The van der Waals surface area contributed by atoms with Gasteiger partial charge in [-0.2, -0.15) is 0 Å². The van der Waals surface area contributed by atoms with Crippen molar-refractivity contribution in [2.75, 3.05) is 0 Å². The maximum Gasteiger partial charge on any atom is -0.00261 e. The predicted octanol–water partition coefficient (Wildman–Crippen LogP) is 15.8. The van der Waals surface area contributed by atoms with Crippen LogP contribution in [0.4, 0.5) is 0 Å². The molecule has 0 fully saturated rings. The molecule has 0 radical (unpaired) electrons. The molecule has 0 saturated carbocycles. The first kappa shape index (κ1) is 32.2. The summed E-state index contributed by atoms with van der Waals surface area (Å²) in [6.45, 7) is 0. The SMILES string of the molecule is c1ccc(-c2ccc3ccc(-c4c5ccccc5c(-c5ccccc5)c5ccccc45)cc3c2-c2cccc(-c3cc4ccccc4c4ccccc34)c2)cc1. The summed E-state index contributed by atoms with van der Waals surface area (Å²) in [7, 11) is 0. The van der Waals surface area contributed by atoms with Crippen LogP contribution in [0.25, 0.3) is 109 Å². The maximum atomic E-state index is 2.45. The number of rotatable bonds is 5. The number of hydrogen-bond donors (Lipinski definition) is 0. The fraction of sp³-hybridized carbons (Fsp3) is 0. The van der Waals surface area contributed by atoms with Crippen molar-refractivity contribution in [1.82, 2.24) is 0 Å². The van der Waals surface area contributed by atoms with Gasteiger partial charge in [0.2, 0.25) is 0 Å². The van der Waals surface area contributed by atoms with Crippen LogP contribution < -0.4 is 0 Å². The fourth-order valence-electron chi connectivity index (χ4n) is 9.14. The Labute approximate surface area is 326 Å². The smallest absolute Gasteiger partial charge is 0.00261 e. The summed E-state index contributed by atoms with van der Waals surface area (Å²) >= 11 is 0. The molecule has 11 aromatic carbocycles. The molecule has 11 aromatic rings. The van der Waals surface area contributed by atoms with Gasteiger partial charge in [-0.25, -0.2) is 0 Å². The van der Waals surface area contributed by atoms with E-state index in [0.29, 0.717) is 0 Å². The first-order valence-corrected chi connectivity index (χ1v) is 19.4. The van der Waals surface area contributed by atoms with Gasteiger partial charge in [-0.1, -0.05) is 200 Å². The van der Waals surface area contributed by atoms with Gasteiger partial charge in [0.1, 0.15) is 0 Å². The molecule has 0 aliphatic rings. The van der Waals surface area contributed by atoms with Gasteiger partial charge in [-0.05, 0) is 128 Å². The number of benzene rings is 11. The molecule has 0 heterocycles. The van der Waals surface area contributed by atoms with Crippen LogP contribution >= 0.6 is 0 Å². The van der Waals surface area contributed by atoms with E-state index < -0.39 is 0 Å². The Morgan fingerprint density at radius 1 is 0.179 bits per heavy atom. The molecule has 0 heteroatoms. The average molecular weight is 709 g/mol. The largest absolute Gasteiger partial charge is 0.0622 e. The van der Waals surface area contributed by atoms with E-state index in [4.69, 9.17) is 0 Å². The molecule has 0 bridgehead atoms. The Bertz CT molecular complexity index is 3220. The lowest BCUT2D eigenvalue weighted by Gasteiger charge is -2.19. The van der Waals surface area contributed by atoms with E-state index >= 15 is 0 Å². The van der Waals surface area contributed by atoms with Gasteiger partial charge >= 0.3 is 0 Å². The van der Waals surface area contributed by atoms with Crippen molar-refractivity contribution >= 4 is 53.9 Å². The van der Waals surface area contributed by atoms with Gasteiger partial charge in [0.05, 0.1) is 0 Å².